The standard InChI is InChI=1S/C25H21F2N3O6/c1-28-12-29(10-14-2-7-20-21(8-14)36-13-35-20)25(34)22-24(33)23(32)17(11-30(22)28)19(31)6-4-15-3-5-16(26)9-18(15)27/h2-3,5,7-9,11,33H,4,6,10,12-13H2,1H3. The largest absolute Gasteiger partial charge is 0.502 e. The highest BCUT2D eigenvalue weighted by Crippen LogP contribution is 2.33. The van der Waals surface area contributed by atoms with E-state index in [1.807, 2.05) is 0 Å². The minimum absolute atomic E-state index is 0.0645. The topological polar surface area (TPSA) is 101 Å². The number of halogens is 2. The molecule has 0 atom stereocenters. The summed E-state index contributed by atoms with van der Waals surface area (Å²) in [6.45, 7) is 0.405. The summed E-state index contributed by atoms with van der Waals surface area (Å²) < 4.78 is 39.0. The molecule has 2 aliphatic heterocycles. The molecule has 1 amide bonds. The molecule has 0 unspecified atom stereocenters. The van der Waals surface area contributed by atoms with Crippen LogP contribution in [0.1, 0.15) is 38.4 Å². The van der Waals surface area contributed by atoms with E-state index in [1.165, 1.54) is 21.8 Å². The molecule has 36 heavy (non-hydrogen) atoms. The first-order chi connectivity index (χ1) is 17.2. The van der Waals surface area contributed by atoms with E-state index in [0.717, 1.165) is 17.7 Å². The van der Waals surface area contributed by atoms with Crippen LogP contribution < -0.4 is 19.9 Å². The maximum Gasteiger partial charge on any atom is 0.278 e. The lowest BCUT2D eigenvalue weighted by Gasteiger charge is -2.37. The Balaban J connectivity index is 1.38. The highest BCUT2D eigenvalue weighted by atomic mass is 19.1. The smallest absolute Gasteiger partial charge is 0.278 e. The molecule has 2 aromatic carbocycles. The second-order valence-corrected chi connectivity index (χ2v) is 8.56. The maximum atomic E-state index is 13.9. The molecule has 0 radical (unpaired) electrons. The highest BCUT2D eigenvalue weighted by Gasteiger charge is 2.33. The average Bonchev–Trinajstić information content (AvgIpc) is 3.31. The van der Waals surface area contributed by atoms with Crippen LogP contribution in [-0.4, -0.2) is 46.9 Å². The number of aromatic hydroxyl groups is 1. The molecule has 1 aromatic heterocycles. The van der Waals surface area contributed by atoms with Gasteiger partial charge >= 0.3 is 0 Å². The second kappa shape index (κ2) is 8.99. The molecule has 0 bridgehead atoms. The van der Waals surface area contributed by atoms with Crippen molar-refractivity contribution in [2.45, 2.75) is 19.4 Å². The van der Waals surface area contributed by atoms with Crippen LogP contribution in [0.15, 0.2) is 47.4 Å². The lowest BCUT2D eigenvalue weighted by Crippen LogP contribution is -2.52. The molecule has 2 aliphatic rings. The monoisotopic (exact) mass is 497 g/mol. The maximum absolute atomic E-state index is 13.9. The Labute approximate surface area is 203 Å². The SMILES string of the molecule is CN1CN(Cc2ccc3c(c2)OCO3)C(=O)c2c(O)c(=O)c(C(=O)CCc3ccc(F)cc3F)cn21. The number of ketones is 1. The van der Waals surface area contributed by atoms with Gasteiger partial charge in [0.15, 0.2) is 28.7 Å². The first-order valence-electron chi connectivity index (χ1n) is 11.1. The van der Waals surface area contributed by atoms with E-state index >= 15 is 0 Å². The van der Waals surface area contributed by atoms with Gasteiger partial charge in [0, 0.05) is 32.3 Å². The summed E-state index contributed by atoms with van der Waals surface area (Å²) >= 11 is 0. The minimum atomic E-state index is -0.988. The predicted octanol–water partition coefficient (Wildman–Crippen LogP) is 2.56. The highest BCUT2D eigenvalue weighted by molar-refractivity contribution is 6.00. The number of benzene rings is 2. The number of rotatable bonds is 6. The third kappa shape index (κ3) is 4.12. The lowest BCUT2D eigenvalue weighted by molar-refractivity contribution is 0.0678. The molecular formula is C25H21F2N3O6. The number of hydrogen-bond acceptors (Lipinski definition) is 7. The van der Waals surface area contributed by atoms with Crippen molar-refractivity contribution in [1.29, 1.82) is 0 Å². The Morgan fingerprint density at radius 3 is 2.64 bits per heavy atom. The first kappa shape index (κ1) is 23.3. The van der Waals surface area contributed by atoms with E-state index in [-0.39, 0.29) is 49.7 Å². The third-order valence-electron chi connectivity index (χ3n) is 6.14. The van der Waals surface area contributed by atoms with Crippen molar-refractivity contribution in [3.8, 4) is 17.2 Å². The van der Waals surface area contributed by atoms with E-state index < -0.39 is 34.5 Å². The molecule has 3 aromatic rings. The van der Waals surface area contributed by atoms with Crippen molar-refractivity contribution >= 4 is 11.7 Å². The van der Waals surface area contributed by atoms with Crippen LogP contribution >= 0.6 is 0 Å². The summed E-state index contributed by atoms with van der Waals surface area (Å²) in [4.78, 5) is 40.2. The fourth-order valence-electron chi connectivity index (χ4n) is 4.27. The molecule has 5 rings (SSSR count). The second-order valence-electron chi connectivity index (χ2n) is 8.56. The zero-order valence-corrected chi connectivity index (χ0v) is 19.2. The van der Waals surface area contributed by atoms with Gasteiger partial charge in [0.05, 0.1) is 5.56 Å². The van der Waals surface area contributed by atoms with E-state index in [2.05, 4.69) is 0 Å². The van der Waals surface area contributed by atoms with Gasteiger partial charge in [0.1, 0.15) is 18.3 Å². The molecule has 186 valence electrons. The van der Waals surface area contributed by atoms with E-state index in [1.54, 1.807) is 30.3 Å². The van der Waals surface area contributed by atoms with E-state index in [9.17, 15) is 28.3 Å². The average molecular weight is 497 g/mol. The summed E-state index contributed by atoms with van der Waals surface area (Å²) in [6, 6.07) is 8.31. The van der Waals surface area contributed by atoms with Crippen molar-refractivity contribution in [3.63, 3.8) is 0 Å². The van der Waals surface area contributed by atoms with Gasteiger partial charge < -0.3 is 19.5 Å². The number of hydrogen-bond donors (Lipinski definition) is 1. The number of Topliss-reactive ketones (excluding diaryl/α,β-unsaturated/α-hetero) is 1. The number of pyridine rings is 1. The fourth-order valence-corrected chi connectivity index (χ4v) is 4.27. The van der Waals surface area contributed by atoms with E-state index in [4.69, 9.17) is 9.47 Å². The lowest BCUT2D eigenvalue weighted by atomic mass is 10.0. The van der Waals surface area contributed by atoms with E-state index in [0.29, 0.717) is 11.5 Å². The normalized spacial score (nSPS) is 14.2. The molecule has 0 saturated carbocycles. The molecule has 0 saturated heterocycles. The summed E-state index contributed by atoms with van der Waals surface area (Å²) in [6.07, 6.45) is 0.895. The molecule has 9 nitrogen and oxygen atoms in total. The van der Waals surface area contributed by atoms with Gasteiger partial charge in [-0.15, -0.1) is 0 Å². The Morgan fingerprint density at radius 2 is 1.86 bits per heavy atom. The van der Waals surface area contributed by atoms with Gasteiger partial charge in [-0.05, 0) is 35.7 Å². The number of aromatic nitrogens is 1. The minimum Gasteiger partial charge on any atom is -0.502 e. The van der Waals surface area contributed by atoms with Gasteiger partial charge in [0.2, 0.25) is 12.2 Å². The summed E-state index contributed by atoms with van der Waals surface area (Å²) in [5.41, 5.74) is -0.703. The van der Waals surface area contributed by atoms with Crippen LogP contribution in [0.2, 0.25) is 0 Å². The number of amides is 1. The van der Waals surface area contributed by atoms with Gasteiger partial charge in [-0.3, -0.25) is 24.1 Å². The quantitative estimate of drug-likeness (QED) is 0.523. The number of fused-ring (bicyclic) bond motifs is 2. The number of nitrogens with zero attached hydrogens (tertiary/aromatic N) is 3. The molecule has 1 N–H and O–H groups in total. The fraction of sp³-hybridized carbons (Fsp3) is 0.240. The molecule has 11 heteroatoms. The van der Waals surface area contributed by atoms with Crippen molar-refractivity contribution in [1.82, 2.24) is 9.58 Å². The molecular weight excluding hydrogens is 476 g/mol. The van der Waals surface area contributed by atoms with Crippen molar-refractivity contribution in [2.75, 3.05) is 25.5 Å². The van der Waals surface area contributed by atoms with Crippen molar-refractivity contribution in [3.05, 3.63) is 86.8 Å². The first-order valence-corrected chi connectivity index (χ1v) is 11.1. The predicted molar refractivity (Wildman–Crippen MR) is 123 cm³/mol. The van der Waals surface area contributed by atoms with Crippen LogP contribution in [-0.2, 0) is 13.0 Å². The van der Waals surface area contributed by atoms with Crippen molar-refractivity contribution in [2.24, 2.45) is 0 Å². The van der Waals surface area contributed by atoms with Gasteiger partial charge in [-0.2, -0.15) is 0 Å². The number of ether oxygens (including phenoxy) is 2. The van der Waals surface area contributed by atoms with Crippen LogP contribution in [0.25, 0.3) is 0 Å². The zero-order valence-electron chi connectivity index (χ0n) is 19.2. The Bertz CT molecular complexity index is 1450. The summed E-state index contributed by atoms with van der Waals surface area (Å²) in [5, 5.41) is 12.2. The van der Waals surface area contributed by atoms with Gasteiger partial charge in [-0.1, -0.05) is 12.1 Å². The summed E-state index contributed by atoms with van der Waals surface area (Å²) in [5.74, 6) is -2.43. The number of carbonyl (C=O) groups excluding carboxylic acids is 2. The molecule has 0 spiro atoms. The third-order valence-corrected chi connectivity index (χ3v) is 6.14. The van der Waals surface area contributed by atoms with Crippen molar-refractivity contribution < 1.29 is 33.0 Å². The Hall–Kier alpha value is -4.41. The Morgan fingerprint density at radius 1 is 1.08 bits per heavy atom. The van der Waals surface area contributed by atoms with Gasteiger partial charge in [0.25, 0.3) is 5.91 Å². The Kier molecular flexibility index (Phi) is 5.83. The summed E-state index contributed by atoms with van der Waals surface area (Å²) in [7, 11) is 1.63. The van der Waals surface area contributed by atoms with Crippen LogP contribution in [0.4, 0.5) is 8.78 Å². The van der Waals surface area contributed by atoms with Crippen LogP contribution in [0.3, 0.4) is 0 Å². The van der Waals surface area contributed by atoms with Crippen LogP contribution in [0, 0.1) is 11.6 Å². The van der Waals surface area contributed by atoms with Crippen LogP contribution in [0.5, 0.6) is 17.2 Å². The number of carbonyl (C=O) groups is 2. The van der Waals surface area contributed by atoms with Gasteiger partial charge in [-0.25, -0.2) is 8.78 Å². The molecule has 0 fully saturated rings. The molecule has 3 heterocycles. The zero-order chi connectivity index (χ0) is 25.6. The number of aryl methyl sites for hydroxylation is 1. The molecule has 0 aliphatic carbocycles.